The largest absolute Gasteiger partial charge is 0.383 e. The maximum absolute atomic E-state index is 6.28. The van der Waals surface area contributed by atoms with Gasteiger partial charge in [0.25, 0.3) is 0 Å². The summed E-state index contributed by atoms with van der Waals surface area (Å²) in [4.78, 5) is 10.8. The number of fused-ring (bicyclic) bond motifs is 1. The monoisotopic (exact) mass is 308 g/mol. The van der Waals surface area contributed by atoms with Crippen molar-refractivity contribution in [3.8, 4) is 5.82 Å². The second kappa shape index (κ2) is 6.41. The molecule has 0 unspecified atom stereocenters. The van der Waals surface area contributed by atoms with Crippen molar-refractivity contribution in [2.75, 3.05) is 18.8 Å². The number of nitrogen functional groups attached to an aromatic ring is 1. The fourth-order valence-corrected chi connectivity index (χ4v) is 2.69. The highest BCUT2D eigenvalue weighted by Crippen LogP contribution is 2.26. The van der Waals surface area contributed by atoms with Crippen LogP contribution in [-0.2, 0) is 13.0 Å². The zero-order chi connectivity index (χ0) is 14.1. The van der Waals surface area contributed by atoms with E-state index >= 15 is 0 Å². The third-order valence-electron chi connectivity index (χ3n) is 3.70. The summed E-state index contributed by atoms with van der Waals surface area (Å²) in [5, 5.41) is 4.63. The van der Waals surface area contributed by atoms with Gasteiger partial charge in [-0.15, -0.1) is 12.4 Å². The van der Waals surface area contributed by atoms with Crippen molar-refractivity contribution in [3.05, 3.63) is 29.3 Å². The molecule has 3 heterocycles. The average molecular weight is 309 g/mol. The van der Waals surface area contributed by atoms with Crippen molar-refractivity contribution in [3.63, 3.8) is 0 Å². The Balaban J connectivity index is 0.00000161. The lowest BCUT2D eigenvalue weighted by atomic mass is 10.1. The zero-order valence-corrected chi connectivity index (χ0v) is 13.2. The van der Waals surface area contributed by atoms with Crippen LogP contribution >= 0.6 is 12.4 Å². The van der Waals surface area contributed by atoms with Gasteiger partial charge in [-0.05, 0) is 19.9 Å². The van der Waals surface area contributed by atoms with Gasteiger partial charge in [-0.1, -0.05) is 6.92 Å². The number of nitrogens with zero attached hydrogens (tertiary/aromatic N) is 5. The minimum absolute atomic E-state index is 0. The second-order valence-corrected chi connectivity index (χ2v) is 5.27. The smallest absolute Gasteiger partial charge is 0.159 e. The van der Waals surface area contributed by atoms with Gasteiger partial charge in [0.1, 0.15) is 12.1 Å². The predicted octanol–water partition coefficient (Wildman–Crippen LogP) is 1.74. The van der Waals surface area contributed by atoms with Crippen LogP contribution in [0.1, 0.15) is 30.3 Å². The van der Waals surface area contributed by atoms with Crippen molar-refractivity contribution < 1.29 is 0 Å². The number of hydrogen-bond acceptors (Lipinski definition) is 5. The molecule has 0 radical (unpaired) electrons. The van der Waals surface area contributed by atoms with Crippen LogP contribution in [0.5, 0.6) is 0 Å². The molecule has 2 aromatic heterocycles. The first-order valence-corrected chi connectivity index (χ1v) is 7.06. The molecule has 0 saturated carbocycles. The molecule has 0 aliphatic carbocycles. The second-order valence-electron chi connectivity index (χ2n) is 5.27. The Hall–Kier alpha value is -1.66. The third kappa shape index (κ3) is 3.01. The molecule has 7 heteroatoms. The fraction of sp³-hybridized carbons (Fsp3) is 0.500. The van der Waals surface area contributed by atoms with Crippen LogP contribution in [0.25, 0.3) is 5.82 Å². The molecular weight excluding hydrogens is 288 g/mol. The minimum atomic E-state index is 0. The SMILES string of the molecule is CCCN1CCc2nn(-c3cc(C)ncn3)c(N)c2C1.Cl. The van der Waals surface area contributed by atoms with Crippen LogP contribution < -0.4 is 5.73 Å². The van der Waals surface area contributed by atoms with Crippen molar-refractivity contribution in [1.29, 1.82) is 0 Å². The highest BCUT2D eigenvalue weighted by Gasteiger charge is 2.23. The van der Waals surface area contributed by atoms with Gasteiger partial charge in [0.15, 0.2) is 5.82 Å². The first-order chi connectivity index (χ1) is 9.69. The number of halogens is 1. The highest BCUT2D eigenvalue weighted by atomic mass is 35.5. The molecule has 0 spiro atoms. The molecule has 1 aliphatic rings. The lowest BCUT2D eigenvalue weighted by Gasteiger charge is -2.25. The summed E-state index contributed by atoms with van der Waals surface area (Å²) in [6.07, 6.45) is 3.67. The van der Waals surface area contributed by atoms with Crippen LogP contribution in [0.15, 0.2) is 12.4 Å². The van der Waals surface area contributed by atoms with Crippen molar-refractivity contribution in [1.82, 2.24) is 24.6 Å². The topological polar surface area (TPSA) is 72.9 Å². The first-order valence-electron chi connectivity index (χ1n) is 7.06. The zero-order valence-electron chi connectivity index (χ0n) is 12.4. The molecule has 6 nitrogen and oxygen atoms in total. The summed E-state index contributed by atoms with van der Waals surface area (Å²) in [5.41, 5.74) is 9.45. The standard InChI is InChI=1S/C14H20N6.ClH/c1-3-5-19-6-4-12-11(8-19)14(15)20(18-12)13-7-10(2)16-9-17-13;/h7,9H,3-6,8,15H2,1-2H3;1H. The summed E-state index contributed by atoms with van der Waals surface area (Å²) in [7, 11) is 0. The fourth-order valence-electron chi connectivity index (χ4n) is 2.69. The predicted molar refractivity (Wildman–Crippen MR) is 84.8 cm³/mol. The molecule has 0 bridgehead atoms. The van der Waals surface area contributed by atoms with Crippen molar-refractivity contribution in [2.24, 2.45) is 0 Å². The van der Waals surface area contributed by atoms with Gasteiger partial charge >= 0.3 is 0 Å². The number of hydrogen-bond donors (Lipinski definition) is 1. The molecule has 21 heavy (non-hydrogen) atoms. The van der Waals surface area contributed by atoms with E-state index in [0.717, 1.165) is 55.2 Å². The van der Waals surface area contributed by atoms with Gasteiger partial charge in [0.05, 0.1) is 5.69 Å². The van der Waals surface area contributed by atoms with E-state index in [9.17, 15) is 0 Å². The summed E-state index contributed by atoms with van der Waals surface area (Å²) in [6.45, 7) is 7.19. The van der Waals surface area contributed by atoms with Gasteiger partial charge < -0.3 is 5.73 Å². The van der Waals surface area contributed by atoms with Crippen molar-refractivity contribution >= 4 is 18.2 Å². The van der Waals surface area contributed by atoms with Gasteiger partial charge in [-0.3, -0.25) is 4.90 Å². The van der Waals surface area contributed by atoms with Crippen LogP contribution in [0.2, 0.25) is 0 Å². The van der Waals surface area contributed by atoms with Gasteiger partial charge in [-0.25, -0.2) is 9.97 Å². The van der Waals surface area contributed by atoms with Gasteiger partial charge in [0.2, 0.25) is 0 Å². The molecule has 0 atom stereocenters. The Morgan fingerprint density at radius 1 is 1.33 bits per heavy atom. The Morgan fingerprint density at radius 2 is 2.14 bits per heavy atom. The molecule has 114 valence electrons. The van der Waals surface area contributed by atoms with E-state index in [4.69, 9.17) is 5.73 Å². The molecule has 2 N–H and O–H groups in total. The number of aromatic nitrogens is 4. The lowest BCUT2D eigenvalue weighted by molar-refractivity contribution is 0.254. The molecule has 0 aromatic carbocycles. The van der Waals surface area contributed by atoms with E-state index in [-0.39, 0.29) is 12.4 Å². The molecule has 2 aromatic rings. The molecule has 0 fully saturated rings. The maximum Gasteiger partial charge on any atom is 0.159 e. The van der Waals surface area contributed by atoms with Gasteiger partial charge in [-0.2, -0.15) is 9.78 Å². The molecule has 1 aliphatic heterocycles. The maximum atomic E-state index is 6.28. The molecule has 0 saturated heterocycles. The van der Waals surface area contributed by atoms with Crippen LogP contribution in [0, 0.1) is 6.92 Å². The molecule has 0 amide bonds. The first kappa shape index (κ1) is 15.7. The highest BCUT2D eigenvalue weighted by molar-refractivity contribution is 5.85. The molecule has 3 rings (SSSR count). The Morgan fingerprint density at radius 3 is 2.86 bits per heavy atom. The van der Waals surface area contributed by atoms with E-state index in [2.05, 4.69) is 26.9 Å². The van der Waals surface area contributed by atoms with E-state index in [1.54, 1.807) is 11.0 Å². The van der Waals surface area contributed by atoms with Crippen molar-refractivity contribution in [2.45, 2.75) is 33.2 Å². The summed E-state index contributed by atoms with van der Waals surface area (Å²) < 4.78 is 1.74. The minimum Gasteiger partial charge on any atom is -0.383 e. The normalized spacial score (nSPS) is 14.6. The van der Waals surface area contributed by atoms with Crippen LogP contribution in [-0.4, -0.2) is 37.7 Å². The van der Waals surface area contributed by atoms with Crippen LogP contribution in [0.3, 0.4) is 0 Å². The number of rotatable bonds is 3. The molecular formula is C14H21ClN6. The van der Waals surface area contributed by atoms with Crippen LogP contribution in [0.4, 0.5) is 5.82 Å². The number of anilines is 1. The third-order valence-corrected chi connectivity index (χ3v) is 3.70. The lowest BCUT2D eigenvalue weighted by Crippen LogP contribution is -2.31. The average Bonchev–Trinajstić information content (AvgIpc) is 2.77. The van der Waals surface area contributed by atoms with E-state index in [1.165, 1.54) is 0 Å². The summed E-state index contributed by atoms with van der Waals surface area (Å²) in [6, 6.07) is 1.90. The van der Waals surface area contributed by atoms with E-state index in [1.807, 2.05) is 13.0 Å². The van der Waals surface area contributed by atoms with E-state index < -0.39 is 0 Å². The summed E-state index contributed by atoms with van der Waals surface area (Å²) in [5.74, 6) is 1.45. The number of nitrogens with two attached hydrogens (primary N) is 1. The van der Waals surface area contributed by atoms with Gasteiger partial charge in [0, 0.05) is 36.8 Å². The number of aryl methyl sites for hydroxylation is 1. The van der Waals surface area contributed by atoms with E-state index in [0.29, 0.717) is 5.82 Å². The Kier molecular flexibility index (Phi) is 4.80. The Bertz CT molecular complexity index is 624. The quantitative estimate of drug-likeness (QED) is 0.935. The Labute approximate surface area is 130 Å². The summed E-state index contributed by atoms with van der Waals surface area (Å²) >= 11 is 0.